The largest absolute Gasteiger partial charge is 0.493 e. The number of carbonyl (C=O) groups excluding carboxylic acids is 2. The molecular weight excluding hydrogens is 384 g/mol. The molecule has 30 heavy (non-hydrogen) atoms. The molecule has 8 heteroatoms. The highest BCUT2D eigenvalue weighted by Crippen LogP contribution is 2.38. The number of para-hydroxylation sites is 2. The summed E-state index contributed by atoms with van der Waals surface area (Å²) >= 11 is 0. The maximum atomic E-state index is 12.5. The number of nitrogens with zero attached hydrogens (tertiary/aromatic N) is 4. The second-order valence-electron chi connectivity index (χ2n) is 6.54. The molecule has 0 bridgehead atoms. The first kappa shape index (κ1) is 21.0. The average molecular weight is 408 g/mol. The number of rotatable bonds is 8. The molecule has 1 N–H and O–H groups in total. The highest BCUT2D eigenvalue weighted by atomic mass is 16.5. The monoisotopic (exact) mass is 408 g/mol. The lowest BCUT2D eigenvalue weighted by Gasteiger charge is -2.19. The van der Waals surface area contributed by atoms with Gasteiger partial charge < -0.3 is 19.3 Å². The second kappa shape index (κ2) is 9.69. The van der Waals surface area contributed by atoms with E-state index >= 15 is 0 Å². The first-order valence-corrected chi connectivity index (χ1v) is 9.75. The van der Waals surface area contributed by atoms with Gasteiger partial charge in [-0.3, -0.25) is 9.59 Å². The normalized spacial score (nSPS) is 11.1. The molecule has 0 atom stereocenters. The Morgan fingerprint density at radius 3 is 2.40 bits per heavy atom. The lowest BCUT2D eigenvalue weighted by molar-refractivity contribution is -0.131. The third-order valence-electron chi connectivity index (χ3n) is 4.69. The number of carbonyl (C=O) groups is 2. The molecule has 0 aliphatic carbocycles. The number of benzene rings is 2. The van der Waals surface area contributed by atoms with Crippen molar-refractivity contribution in [3.63, 3.8) is 0 Å². The Morgan fingerprint density at radius 2 is 1.70 bits per heavy atom. The van der Waals surface area contributed by atoms with Gasteiger partial charge in [0, 0.05) is 18.5 Å². The van der Waals surface area contributed by atoms with Gasteiger partial charge in [-0.25, -0.2) is 0 Å². The van der Waals surface area contributed by atoms with Gasteiger partial charge in [0.05, 0.1) is 5.52 Å². The zero-order valence-electron chi connectivity index (χ0n) is 17.0. The summed E-state index contributed by atoms with van der Waals surface area (Å²) in [6.07, 6.45) is 0. The molecule has 0 radical (unpaired) electrons. The summed E-state index contributed by atoms with van der Waals surface area (Å²) in [6, 6.07) is 16.0. The first-order chi connectivity index (χ1) is 14.5. The van der Waals surface area contributed by atoms with Gasteiger partial charge in [0.1, 0.15) is 12.3 Å². The minimum atomic E-state index is -0.589. The zero-order chi connectivity index (χ0) is 21.5. The van der Waals surface area contributed by atoms with Crippen LogP contribution in [0.3, 0.4) is 0 Å². The van der Waals surface area contributed by atoms with Crippen LogP contribution < -0.4 is 4.74 Å². The molecule has 0 saturated carbocycles. The molecule has 1 heterocycles. The van der Waals surface area contributed by atoms with Crippen LogP contribution in [0, 0.1) is 0 Å². The molecule has 0 fully saturated rings. The molecule has 0 aliphatic heterocycles. The summed E-state index contributed by atoms with van der Waals surface area (Å²) in [5.41, 5.74) is 0.781. The van der Waals surface area contributed by atoms with Crippen LogP contribution >= 0.6 is 0 Å². The van der Waals surface area contributed by atoms with Crippen LogP contribution in [0.1, 0.15) is 13.8 Å². The molecule has 8 nitrogen and oxygen atoms in total. The predicted octanol–water partition coefficient (Wildman–Crippen LogP) is 3.90. The zero-order valence-corrected chi connectivity index (χ0v) is 17.0. The Morgan fingerprint density at radius 1 is 1.03 bits per heavy atom. The number of hydrogen-bond donors (Lipinski definition) is 1. The SMILES string of the molecule is CCN(CC)C(=O)Cn1c(O)c(N=NC(=O)COc2ccccc2)c2ccccc21. The van der Waals surface area contributed by atoms with E-state index < -0.39 is 5.91 Å². The number of likely N-dealkylation sites (N-methyl/N-ethyl adjacent to an activating group) is 1. The van der Waals surface area contributed by atoms with Gasteiger partial charge in [0.25, 0.3) is 0 Å². The summed E-state index contributed by atoms with van der Waals surface area (Å²) in [5.74, 6) is -0.367. The molecule has 0 saturated heterocycles. The third kappa shape index (κ3) is 4.65. The lowest BCUT2D eigenvalue weighted by Crippen LogP contribution is -2.33. The Labute approximate surface area is 174 Å². The average Bonchev–Trinajstić information content (AvgIpc) is 3.03. The van der Waals surface area contributed by atoms with Crippen LogP contribution in [0.4, 0.5) is 5.69 Å². The van der Waals surface area contributed by atoms with Gasteiger partial charge in [0.15, 0.2) is 12.3 Å². The molecule has 2 aromatic carbocycles. The molecule has 0 unspecified atom stereocenters. The summed E-state index contributed by atoms with van der Waals surface area (Å²) in [6.45, 7) is 4.66. The quantitative estimate of drug-likeness (QED) is 0.572. The van der Waals surface area contributed by atoms with Crippen LogP contribution in [-0.4, -0.2) is 46.1 Å². The van der Waals surface area contributed by atoms with Crippen LogP contribution in [-0.2, 0) is 16.1 Å². The Balaban J connectivity index is 1.82. The first-order valence-electron chi connectivity index (χ1n) is 9.75. The van der Waals surface area contributed by atoms with Crippen molar-refractivity contribution in [2.24, 2.45) is 10.2 Å². The molecule has 156 valence electrons. The van der Waals surface area contributed by atoms with Gasteiger partial charge in [-0.15, -0.1) is 10.2 Å². The van der Waals surface area contributed by atoms with Crippen molar-refractivity contribution in [2.75, 3.05) is 19.7 Å². The van der Waals surface area contributed by atoms with Crippen molar-refractivity contribution >= 4 is 28.4 Å². The van der Waals surface area contributed by atoms with Crippen molar-refractivity contribution in [3.8, 4) is 11.6 Å². The number of ether oxygens (including phenoxy) is 1. The molecular formula is C22H24N4O4. The number of aromatic nitrogens is 1. The smallest absolute Gasteiger partial charge is 0.302 e. The van der Waals surface area contributed by atoms with E-state index in [-0.39, 0.29) is 30.6 Å². The van der Waals surface area contributed by atoms with E-state index in [1.165, 1.54) is 4.57 Å². The minimum absolute atomic E-state index is 0.0331. The van der Waals surface area contributed by atoms with Crippen LogP contribution in [0.2, 0.25) is 0 Å². The van der Waals surface area contributed by atoms with Crippen molar-refractivity contribution < 1.29 is 19.4 Å². The predicted molar refractivity (Wildman–Crippen MR) is 113 cm³/mol. The van der Waals surface area contributed by atoms with Crippen molar-refractivity contribution in [2.45, 2.75) is 20.4 Å². The van der Waals surface area contributed by atoms with Crippen molar-refractivity contribution in [3.05, 3.63) is 54.6 Å². The van der Waals surface area contributed by atoms with Gasteiger partial charge in [-0.1, -0.05) is 36.4 Å². The Bertz CT molecular complexity index is 1060. The number of azo groups is 1. The number of amides is 2. The summed E-state index contributed by atoms with van der Waals surface area (Å²) in [4.78, 5) is 26.3. The van der Waals surface area contributed by atoms with E-state index in [4.69, 9.17) is 4.74 Å². The molecule has 2 amide bonds. The van der Waals surface area contributed by atoms with E-state index in [1.54, 1.807) is 53.4 Å². The Kier molecular flexibility index (Phi) is 6.79. The Hall–Kier alpha value is -3.68. The highest BCUT2D eigenvalue weighted by Gasteiger charge is 2.20. The molecule has 3 aromatic rings. The summed E-state index contributed by atoms with van der Waals surface area (Å²) < 4.78 is 6.84. The summed E-state index contributed by atoms with van der Waals surface area (Å²) in [5, 5.41) is 18.9. The second-order valence-corrected chi connectivity index (χ2v) is 6.54. The van der Waals surface area contributed by atoms with Crippen LogP contribution in [0.5, 0.6) is 11.6 Å². The number of aromatic hydroxyl groups is 1. The molecule has 1 aromatic heterocycles. The third-order valence-corrected chi connectivity index (χ3v) is 4.69. The maximum Gasteiger partial charge on any atom is 0.302 e. The van der Waals surface area contributed by atoms with Gasteiger partial charge in [-0.2, -0.15) is 0 Å². The number of hydrogen-bond acceptors (Lipinski definition) is 5. The summed E-state index contributed by atoms with van der Waals surface area (Å²) in [7, 11) is 0. The van der Waals surface area contributed by atoms with Crippen molar-refractivity contribution in [1.29, 1.82) is 0 Å². The van der Waals surface area contributed by atoms with Crippen LogP contribution in [0.25, 0.3) is 10.9 Å². The fourth-order valence-corrected chi connectivity index (χ4v) is 3.14. The maximum absolute atomic E-state index is 12.5. The van der Waals surface area contributed by atoms with E-state index in [0.29, 0.717) is 29.7 Å². The molecule has 0 aliphatic rings. The fraction of sp³-hybridized carbons (Fsp3) is 0.273. The van der Waals surface area contributed by atoms with E-state index in [0.717, 1.165) is 0 Å². The molecule has 3 rings (SSSR count). The lowest BCUT2D eigenvalue weighted by atomic mass is 10.2. The number of fused-ring (bicyclic) bond motifs is 1. The van der Waals surface area contributed by atoms with Gasteiger partial charge >= 0.3 is 5.91 Å². The van der Waals surface area contributed by atoms with E-state index in [9.17, 15) is 14.7 Å². The minimum Gasteiger partial charge on any atom is -0.493 e. The van der Waals surface area contributed by atoms with Gasteiger partial charge in [-0.05, 0) is 32.0 Å². The van der Waals surface area contributed by atoms with Crippen molar-refractivity contribution in [1.82, 2.24) is 9.47 Å². The highest BCUT2D eigenvalue weighted by molar-refractivity contribution is 5.96. The van der Waals surface area contributed by atoms with E-state index in [1.807, 2.05) is 19.9 Å². The van der Waals surface area contributed by atoms with E-state index in [2.05, 4.69) is 10.2 Å². The topological polar surface area (TPSA) is 96.5 Å². The standard InChI is InChI=1S/C22H24N4O4/c1-3-25(4-2)20(28)14-26-18-13-9-8-12-17(18)21(22(26)29)24-23-19(27)15-30-16-10-6-5-7-11-16/h5-13,29H,3-4,14-15H2,1-2H3. The van der Waals surface area contributed by atoms with Gasteiger partial charge in [0.2, 0.25) is 11.8 Å². The molecule has 0 spiro atoms. The fourth-order valence-electron chi connectivity index (χ4n) is 3.14. The van der Waals surface area contributed by atoms with Crippen LogP contribution in [0.15, 0.2) is 64.8 Å².